The first-order chi connectivity index (χ1) is 7.70. The van der Waals surface area contributed by atoms with E-state index in [-0.39, 0.29) is 18.2 Å². The monoisotopic (exact) mass is 258 g/mol. The van der Waals surface area contributed by atoms with Crippen LogP contribution in [0.1, 0.15) is 26.7 Å². The van der Waals surface area contributed by atoms with E-state index in [2.05, 4.69) is 10.2 Å². The number of hydrogen-bond acceptors (Lipinski definition) is 4. The summed E-state index contributed by atoms with van der Waals surface area (Å²) in [6.07, 6.45) is -3.05. The van der Waals surface area contributed by atoms with Crippen LogP contribution in [0.5, 0.6) is 0 Å². The second kappa shape index (κ2) is 7.15. The number of alkyl halides is 3. The molecule has 0 saturated carbocycles. The number of hydrogen-bond donors (Lipinski definition) is 2. The van der Waals surface area contributed by atoms with Gasteiger partial charge in [0.25, 0.3) is 0 Å². The summed E-state index contributed by atoms with van der Waals surface area (Å²) in [4.78, 5) is 0. The highest BCUT2D eigenvalue weighted by atomic mass is 19.4. The predicted octanol–water partition coefficient (Wildman–Crippen LogP) is 1.60. The van der Waals surface area contributed by atoms with Crippen LogP contribution in [0.4, 0.5) is 13.2 Å². The van der Waals surface area contributed by atoms with Crippen molar-refractivity contribution in [2.75, 3.05) is 20.3 Å². The van der Waals surface area contributed by atoms with Crippen LogP contribution in [0.2, 0.25) is 0 Å². The summed E-state index contributed by atoms with van der Waals surface area (Å²) in [7, 11) is 1.59. The molecule has 0 fully saturated rings. The third-order valence-corrected chi connectivity index (χ3v) is 2.47. The fraction of sp³-hybridized carbons (Fsp3) is 1.00. The van der Waals surface area contributed by atoms with Crippen molar-refractivity contribution in [3.63, 3.8) is 0 Å². The van der Waals surface area contributed by atoms with E-state index in [4.69, 9.17) is 10.6 Å². The van der Waals surface area contributed by atoms with E-state index in [1.54, 1.807) is 7.11 Å². The second-order valence-electron chi connectivity index (χ2n) is 4.50. The lowest BCUT2D eigenvalue weighted by molar-refractivity contribution is -0.175. The van der Waals surface area contributed by atoms with E-state index in [1.165, 1.54) is 0 Å². The average Bonchev–Trinajstić information content (AvgIpc) is 2.21. The van der Waals surface area contributed by atoms with Crippen molar-refractivity contribution in [3.8, 4) is 0 Å². The largest absolute Gasteiger partial charge is 0.411 e. The van der Waals surface area contributed by atoms with E-state index in [1.807, 2.05) is 13.8 Å². The molecule has 0 aromatic carbocycles. The SMILES string of the molecule is COC(C)(C)CCC(COCC(F)(F)F)NN. The first-order valence-corrected chi connectivity index (χ1v) is 5.36. The minimum Gasteiger partial charge on any atom is -0.379 e. The third-order valence-electron chi connectivity index (χ3n) is 2.47. The van der Waals surface area contributed by atoms with Gasteiger partial charge in [-0.25, -0.2) is 0 Å². The number of ether oxygens (including phenoxy) is 2. The van der Waals surface area contributed by atoms with Crippen LogP contribution in [0.25, 0.3) is 0 Å². The summed E-state index contributed by atoms with van der Waals surface area (Å²) < 4.78 is 45.3. The lowest BCUT2D eigenvalue weighted by Gasteiger charge is -2.25. The van der Waals surface area contributed by atoms with Crippen LogP contribution in [0.15, 0.2) is 0 Å². The first-order valence-electron chi connectivity index (χ1n) is 5.36. The highest BCUT2D eigenvalue weighted by molar-refractivity contribution is 4.73. The average molecular weight is 258 g/mol. The normalized spacial score (nSPS) is 15.0. The highest BCUT2D eigenvalue weighted by Crippen LogP contribution is 2.18. The van der Waals surface area contributed by atoms with Gasteiger partial charge in [0, 0.05) is 13.2 Å². The number of rotatable bonds is 8. The minimum atomic E-state index is -4.30. The van der Waals surface area contributed by atoms with Gasteiger partial charge in [0.05, 0.1) is 12.2 Å². The quantitative estimate of drug-likeness (QED) is 0.513. The number of nitrogens with two attached hydrogens (primary N) is 1. The molecule has 4 nitrogen and oxygen atoms in total. The summed E-state index contributed by atoms with van der Waals surface area (Å²) in [5.41, 5.74) is 2.12. The topological polar surface area (TPSA) is 56.5 Å². The Hall–Kier alpha value is -0.370. The Morgan fingerprint density at radius 2 is 1.88 bits per heavy atom. The van der Waals surface area contributed by atoms with Gasteiger partial charge in [-0.15, -0.1) is 0 Å². The smallest absolute Gasteiger partial charge is 0.379 e. The van der Waals surface area contributed by atoms with E-state index < -0.39 is 12.8 Å². The molecule has 0 aromatic rings. The molecule has 0 rings (SSSR count). The van der Waals surface area contributed by atoms with Crippen LogP contribution in [-0.2, 0) is 9.47 Å². The van der Waals surface area contributed by atoms with Crippen molar-refractivity contribution in [3.05, 3.63) is 0 Å². The summed E-state index contributed by atoms with van der Waals surface area (Å²) >= 11 is 0. The minimum absolute atomic E-state index is 0.0736. The Labute approximate surface area is 99.6 Å². The molecule has 1 unspecified atom stereocenters. The number of halogens is 3. The fourth-order valence-electron chi connectivity index (χ4n) is 1.16. The molecule has 3 N–H and O–H groups in total. The Bertz CT molecular complexity index is 210. The van der Waals surface area contributed by atoms with Crippen molar-refractivity contribution in [2.45, 2.75) is 44.5 Å². The molecular weight excluding hydrogens is 237 g/mol. The van der Waals surface area contributed by atoms with Gasteiger partial charge in [-0.1, -0.05) is 0 Å². The molecule has 0 bridgehead atoms. The molecule has 0 heterocycles. The lowest BCUT2D eigenvalue weighted by Crippen LogP contribution is -2.41. The fourth-order valence-corrected chi connectivity index (χ4v) is 1.16. The van der Waals surface area contributed by atoms with Crippen molar-refractivity contribution < 1.29 is 22.6 Å². The zero-order valence-corrected chi connectivity index (χ0v) is 10.4. The Balaban J connectivity index is 3.85. The Morgan fingerprint density at radius 1 is 1.29 bits per heavy atom. The molecule has 0 saturated heterocycles. The summed E-state index contributed by atoms with van der Waals surface area (Å²) in [5.74, 6) is 5.24. The molecule has 0 aliphatic rings. The van der Waals surface area contributed by atoms with Gasteiger partial charge in [-0.3, -0.25) is 11.3 Å². The van der Waals surface area contributed by atoms with E-state index in [9.17, 15) is 13.2 Å². The molecule has 1 atom stereocenters. The molecule has 0 spiro atoms. The zero-order valence-electron chi connectivity index (χ0n) is 10.4. The predicted molar refractivity (Wildman–Crippen MR) is 58.3 cm³/mol. The van der Waals surface area contributed by atoms with Gasteiger partial charge in [0.1, 0.15) is 6.61 Å². The molecule has 0 amide bonds. The highest BCUT2D eigenvalue weighted by Gasteiger charge is 2.28. The standard InChI is InChI=1S/C10H21F3N2O2/c1-9(2,16-3)5-4-8(15-14)6-17-7-10(11,12)13/h8,15H,4-7,14H2,1-3H3. The summed E-state index contributed by atoms with van der Waals surface area (Å²) in [6.45, 7) is 2.48. The van der Waals surface area contributed by atoms with Crippen molar-refractivity contribution in [1.29, 1.82) is 0 Å². The van der Waals surface area contributed by atoms with E-state index in [0.29, 0.717) is 12.8 Å². The molecule has 0 aliphatic heterocycles. The lowest BCUT2D eigenvalue weighted by atomic mass is 9.99. The second-order valence-corrected chi connectivity index (χ2v) is 4.50. The maximum Gasteiger partial charge on any atom is 0.411 e. The molecular formula is C10H21F3N2O2. The van der Waals surface area contributed by atoms with Crippen LogP contribution in [0.3, 0.4) is 0 Å². The van der Waals surface area contributed by atoms with Crippen molar-refractivity contribution in [1.82, 2.24) is 5.43 Å². The number of nitrogens with one attached hydrogen (secondary N) is 1. The zero-order chi connectivity index (χ0) is 13.5. The van der Waals surface area contributed by atoms with Crippen LogP contribution in [0, 0.1) is 0 Å². The maximum absolute atomic E-state index is 11.8. The molecule has 0 aromatic heterocycles. The van der Waals surface area contributed by atoms with Gasteiger partial charge in [0.15, 0.2) is 0 Å². The Kier molecular flexibility index (Phi) is 6.99. The van der Waals surface area contributed by atoms with Gasteiger partial charge in [0.2, 0.25) is 0 Å². The number of hydrazine groups is 1. The van der Waals surface area contributed by atoms with Gasteiger partial charge in [-0.2, -0.15) is 13.2 Å². The van der Waals surface area contributed by atoms with Gasteiger partial charge >= 0.3 is 6.18 Å². The molecule has 7 heteroatoms. The van der Waals surface area contributed by atoms with Crippen LogP contribution < -0.4 is 11.3 Å². The third kappa shape index (κ3) is 9.34. The maximum atomic E-state index is 11.8. The van der Waals surface area contributed by atoms with Crippen LogP contribution >= 0.6 is 0 Å². The van der Waals surface area contributed by atoms with Gasteiger partial charge < -0.3 is 9.47 Å². The van der Waals surface area contributed by atoms with Crippen molar-refractivity contribution in [2.24, 2.45) is 5.84 Å². The van der Waals surface area contributed by atoms with E-state index >= 15 is 0 Å². The molecule has 104 valence electrons. The summed E-state index contributed by atoms with van der Waals surface area (Å²) in [6, 6.07) is -0.313. The Morgan fingerprint density at radius 3 is 2.29 bits per heavy atom. The first kappa shape index (κ1) is 16.6. The van der Waals surface area contributed by atoms with E-state index in [0.717, 1.165) is 0 Å². The summed E-state index contributed by atoms with van der Waals surface area (Å²) in [5, 5.41) is 0. The number of methoxy groups -OCH3 is 1. The molecule has 0 aliphatic carbocycles. The molecule has 17 heavy (non-hydrogen) atoms. The van der Waals surface area contributed by atoms with Gasteiger partial charge in [-0.05, 0) is 26.7 Å². The molecule has 0 radical (unpaired) electrons. The van der Waals surface area contributed by atoms with Crippen molar-refractivity contribution >= 4 is 0 Å². The van der Waals surface area contributed by atoms with Crippen LogP contribution in [-0.4, -0.2) is 38.1 Å².